The molecule has 7 heteroatoms. The van der Waals surface area contributed by atoms with Crippen molar-refractivity contribution >= 4 is 11.7 Å². The molecule has 0 fully saturated rings. The first-order valence-electron chi connectivity index (χ1n) is 7.38. The molecule has 1 N–H and O–H groups in total. The highest BCUT2D eigenvalue weighted by Crippen LogP contribution is 2.18. The van der Waals surface area contributed by atoms with Crippen LogP contribution in [0.1, 0.15) is 27.3 Å². The van der Waals surface area contributed by atoms with Gasteiger partial charge in [0.25, 0.3) is 5.91 Å². The predicted octanol–water partition coefficient (Wildman–Crippen LogP) is 2.98. The number of hydrogen-bond acceptors (Lipinski definition) is 4. The summed E-state index contributed by atoms with van der Waals surface area (Å²) in [7, 11) is 0. The van der Waals surface area contributed by atoms with Crippen molar-refractivity contribution in [2.24, 2.45) is 0 Å². The van der Waals surface area contributed by atoms with Gasteiger partial charge in [-0.15, -0.1) is 5.10 Å². The molecule has 122 valence electrons. The summed E-state index contributed by atoms with van der Waals surface area (Å²) in [6.07, 6.45) is 1.61. The van der Waals surface area contributed by atoms with Crippen molar-refractivity contribution in [1.29, 1.82) is 0 Å². The van der Waals surface area contributed by atoms with E-state index < -0.39 is 11.7 Å². The Balaban J connectivity index is 1.90. The van der Waals surface area contributed by atoms with Crippen molar-refractivity contribution in [2.75, 3.05) is 5.32 Å². The van der Waals surface area contributed by atoms with Gasteiger partial charge in [-0.2, -0.15) is 0 Å². The van der Waals surface area contributed by atoms with E-state index in [1.165, 1.54) is 10.7 Å². The number of aryl methyl sites for hydroxylation is 2. The lowest BCUT2D eigenvalue weighted by Crippen LogP contribution is -2.15. The number of benzene rings is 1. The van der Waals surface area contributed by atoms with Crippen molar-refractivity contribution in [3.63, 3.8) is 0 Å². The molecule has 3 rings (SSSR count). The van der Waals surface area contributed by atoms with Gasteiger partial charge >= 0.3 is 0 Å². The molecule has 0 atom stereocenters. The summed E-state index contributed by atoms with van der Waals surface area (Å²) in [6.45, 7) is 5.37. The first kappa shape index (κ1) is 15.8. The highest BCUT2D eigenvalue weighted by atomic mass is 19.1. The van der Waals surface area contributed by atoms with Crippen molar-refractivity contribution in [3.8, 4) is 5.69 Å². The van der Waals surface area contributed by atoms with E-state index in [-0.39, 0.29) is 11.4 Å². The number of aromatic nitrogens is 4. The van der Waals surface area contributed by atoms with Crippen LogP contribution in [0.15, 0.2) is 36.5 Å². The molecule has 24 heavy (non-hydrogen) atoms. The number of rotatable bonds is 3. The minimum Gasteiger partial charge on any atom is -0.305 e. The topological polar surface area (TPSA) is 72.7 Å². The Hall–Kier alpha value is -3.09. The van der Waals surface area contributed by atoms with Crippen molar-refractivity contribution in [2.45, 2.75) is 20.8 Å². The molecule has 0 bridgehead atoms. The molecule has 0 saturated carbocycles. The van der Waals surface area contributed by atoms with E-state index >= 15 is 0 Å². The summed E-state index contributed by atoms with van der Waals surface area (Å²) in [5, 5.41) is 10.5. The second-order valence-corrected chi connectivity index (χ2v) is 5.56. The number of amides is 1. The van der Waals surface area contributed by atoms with E-state index in [0.29, 0.717) is 11.5 Å². The third kappa shape index (κ3) is 3.01. The molecule has 0 saturated heterocycles. The number of carbonyl (C=O) groups excluding carboxylic acids is 1. The molecule has 0 aliphatic rings. The lowest BCUT2D eigenvalue weighted by atomic mass is 10.2. The highest BCUT2D eigenvalue weighted by molar-refractivity contribution is 6.03. The summed E-state index contributed by atoms with van der Waals surface area (Å²) >= 11 is 0. The van der Waals surface area contributed by atoms with Gasteiger partial charge in [-0.3, -0.25) is 4.79 Å². The van der Waals surface area contributed by atoms with Gasteiger partial charge in [0, 0.05) is 6.20 Å². The lowest BCUT2D eigenvalue weighted by Gasteiger charge is -2.06. The molecule has 0 unspecified atom stereocenters. The Morgan fingerprint density at radius 2 is 1.88 bits per heavy atom. The van der Waals surface area contributed by atoms with Crippen molar-refractivity contribution in [1.82, 2.24) is 20.0 Å². The number of nitrogens with zero attached hydrogens (tertiary/aromatic N) is 4. The van der Waals surface area contributed by atoms with Gasteiger partial charge in [0.05, 0.1) is 5.69 Å². The SMILES string of the molecule is Cc1ccnc(NC(=O)c2nnn(-c3ccc(C)cc3F)c2C)c1. The van der Waals surface area contributed by atoms with E-state index in [4.69, 9.17) is 0 Å². The van der Waals surface area contributed by atoms with Crippen LogP contribution in [-0.4, -0.2) is 25.9 Å². The normalized spacial score (nSPS) is 10.7. The molecular formula is C17H16FN5O. The van der Waals surface area contributed by atoms with Crippen LogP contribution in [0.3, 0.4) is 0 Å². The summed E-state index contributed by atoms with van der Waals surface area (Å²) in [5.74, 6) is -0.435. The third-order valence-corrected chi connectivity index (χ3v) is 3.60. The van der Waals surface area contributed by atoms with Crippen molar-refractivity contribution in [3.05, 3.63) is 64.9 Å². The lowest BCUT2D eigenvalue weighted by molar-refractivity contribution is 0.102. The molecule has 1 amide bonds. The van der Waals surface area contributed by atoms with E-state index in [0.717, 1.165) is 11.1 Å². The van der Waals surface area contributed by atoms with E-state index in [1.54, 1.807) is 38.2 Å². The fourth-order valence-electron chi connectivity index (χ4n) is 2.33. The zero-order valence-electron chi connectivity index (χ0n) is 13.5. The average molecular weight is 325 g/mol. The molecule has 2 heterocycles. The smallest absolute Gasteiger partial charge is 0.279 e. The largest absolute Gasteiger partial charge is 0.305 e. The predicted molar refractivity (Wildman–Crippen MR) is 87.7 cm³/mol. The molecule has 0 spiro atoms. The van der Waals surface area contributed by atoms with Gasteiger partial charge in [0.2, 0.25) is 0 Å². The van der Waals surface area contributed by atoms with Crippen LogP contribution >= 0.6 is 0 Å². The van der Waals surface area contributed by atoms with Crippen LogP contribution < -0.4 is 5.32 Å². The molecule has 2 aromatic heterocycles. The maximum atomic E-state index is 14.1. The van der Waals surface area contributed by atoms with Gasteiger partial charge in [-0.1, -0.05) is 11.3 Å². The Kier molecular flexibility index (Phi) is 4.07. The van der Waals surface area contributed by atoms with Crippen LogP contribution in [0.2, 0.25) is 0 Å². The van der Waals surface area contributed by atoms with Crippen LogP contribution in [0.25, 0.3) is 5.69 Å². The van der Waals surface area contributed by atoms with Crippen LogP contribution in [0.5, 0.6) is 0 Å². The molecular weight excluding hydrogens is 309 g/mol. The minimum absolute atomic E-state index is 0.123. The third-order valence-electron chi connectivity index (χ3n) is 3.60. The fraction of sp³-hybridized carbons (Fsp3) is 0.176. The quantitative estimate of drug-likeness (QED) is 0.803. The standard InChI is InChI=1S/C17H16FN5O/c1-10-4-5-14(13(18)8-10)23-12(3)16(21-22-23)17(24)20-15-9-11(2)6-7-19-15/h4-9H,1-3H3,(H,19,20,24). The maximum Gasteiger partial charge on any atom is 0.279 e. The number of halogens is 1. The highest BCUT2D eigenvalue weighted by Gasteiger charge is 2.19. The second kappa shape index (κ2) is 6.19. The molecule has 0 radical (unpaired) electrons. The number of nitrogens with one attached hydrogen (secondary N) is 1. The summed E-state index contributed by atoms with van der Waals surface area (Å²) < 4.78 is 15.4. The molecule has 3 aromatic rings. The maximum absolute atomic E-state index is 14.1. The Morgan fingerprint density at radius 3 is 2.58 bits per heavy atom. The number of carbonyl (C=O) groups is 1. The molecule has 1 aromatic carbocycles. The van der Waals surface area contributed by atoms with Gasteiger partial charge in [0.15, 0.2) is 5.69 Å². The first-order chi connectivity index (χ1) is 11.5. The Morgan fingerprint density at radius 1 is 1.12 bits per heavy atom. The minimum atomic E-state index is -0.440. The summed E-state index contributed by atoms with van der Waals surface area (Å²) in [5.41, 5.74) is 2.60. The fourth-order valence-corrected chi connectivity index (χ4v) is 2.33. The number of pyridine rings is 1. The van der Waals surface area contributed by atoms with Gasteiger partial charge in [-0.25, -0.2) is 14.1 Å². The molecule has 6 nitrogen and oxygen atoms in total. The monoisotopic (exact) mass is 325 g/mol. The van der Waals surface area contributed by atoms with Crippen LogP contribution in [0, 0.1) is 26.6 Å². The van der Waals surface area contributed by atoms with Crippen molar-refractivity contribution < 1.29 is 9.18 Å². The average Bonchev–Trinajstić information content (AvgIpc) is 2.89. The first-order valence-corrected chi connectivity index (χ1v) is 7.38. The number of anilines is 1. The van der Waals surface area contributed by atoms with E-state index in [1.807, 2.05) is 13.0 Å². The zero-order chi connectivity index (χ0) is 17.3. The van der Waals surface area contributed by atoms with E-state index in [2.05, 4.69) is 20.6 Å². The summed E-state index contributed by atoms with van der Waals surface area (Å²) in [6, 6.07) is 8.37. The van der Waals surface area contributed by atoms with Gasteiger partial charge < -0.3 is 5.32 Å². The second-order valence-electron chi connectivity index (χ2n) is 5.56. The Bertz CT molecular complexity index is 919. The van der Waals surface area contributed by atoms with Gasteiger partial charge in [-0.05, 0) is 56.2 Å². The van der Waals surface area contributed by atoms with Gasteiger partial charge in [0.1, 0.15) is 17.3 Å². The Labute approximate surface area is 138 Å². The van der Waals surface area contributed by atoms with E-state index in [9.17, 15) is 9.18 Å². The zero-order valence-corrected chi connectivity index (χ0v) is 13.5. The van der Waals surface area contributed by atoms with Crippen LogP contribution in [0.4, 0.5) is 10.2 Å². The molecule has 0 aliphatic carbocycles. The summed E-state index contributed by atoms with van der Waals surface area (Å²) in [4.78, 5) is 16.4. The molecule has 0 aliphatic heterocycles. The number of hydrogen-bond donors (Lipinski definition) is 1. The van der Waals surface area contributed by atoms with Crippen LogP contribution in [-0.2, 0) is 0 Å².